The largest absolute Gasteiger partial charge is 0.480 e. The van der Waals surface area contributed by atoms with Crippen LogP contribution in [0, 0.1) is 0 Å². The summed E-state index contributed by atoms with van der Waals surface area (Å²) >= 11 is 0. The Labute approximate surface area is 57.0 Å². The quantitative estimate of drug-likeness (QED) is 0.569. The van der Waals surface area contributed by atoms with Crippen LogP contribution in [0.3, 0.4) is 0 Å². The molecular formula is C3H7O6P. The van der Waals surface area contributed by atoms with Gasteiger partial charge in [0.2, 0.25) is 0 Å². The van der Waals surface area contributed by atoms with Crippen LogP contribution in [0.1, 0.15) is 0 Å². The Kier molecular flexibility index (Phi) is 3.52. The van der Waals surface area contributed by atoms with Crippen molar-refractivity contribution in [1.82, 2.24) is 0 Å². The van der Waals surface area contributed by atoms with E-state index in [1.165, 1.54) is 0 Å². The average Bonchev–Trinajstić information content (AvgIpc) is 1.85. The lowest BCUT2D eigenvalue weighted by atomic mass is 10.8. The molecule has 6 nitrogen and oxygen atoms in total. The maximum atomic E-state index is 10.3. The standard InChI is InChI=1S/C3H7O6P/c1-8-10(6,7)9-2-3(4)5/h2H2,1H3,(H,4,5)(H,6,7). The van der Waals surface area contributed by atoms with Crippen LogP contribution < -0.4 is 0 Å². The van der Waals surface area contributed by atoms with Crippen LogP contribution in [-0.2, 0) is 18.4 Å². The van der Waals surface area contributed by atoms with Crippen LogP contribution >= 0.6 is 7.82 Å². The minimum atomic E-state index is -4.11. The Morgan fingerprint density at radius 3 is 2.50 bits per heavy atom. The molecule has 2 N–H and O–H groups in total. The van der Waals surface area contributed by atoms with Crippen LogP contribution in [-0.4, -0.2) is 29.7 Å². The minimum Gasteiger partial charge on any atom is -0.480 e. The summed E-state index contributed by atoms with van der Waals surface area (Å²) in [6, 6.07) is 0. The van der Waals surface area contributed by atoms with E-state index in [0.29, 0.717) is 0 Å². The van der Waals surface area contributed by atoms with Gasteiger partial charge < -0.3 is 10.00 Å². The molecule has 10 heavy (non-hydrogen) atoms. The molecule has 0 aliphatic rings. The van der Waals surface area contributed by atoms with Crippen molar-refractivity contribution in [2.75, 3.05) is 13.7 Å². The first-order valence-corrected chi connectivity index (χ1v) is 3.72. The maximum absolute atomic E-state index is 10.3. The number of carbonyl (C=O) groups is 1. The second-order valence-corrected chi connectivity index (χ2v) is 2.88. The van der Waals surface area contributed by atoms with Crippen molar-refractivity contribution < 1.29 is 28.4 Å². The van der Waals surface area contributed by atoms with Crippen LogP contribution in [0.5, 0.6) is 0 Å². The molecule has 0 heterocycles. The first kappa shape index (κ1) is 9.58. The fourth-order valence-corrected chi connectivity index (χ4v) is 0.568. The van der Waals surface area contributed by atoms with Crippen molar-refractivity contribution in [3.63, 3.8) is 0 Å². The van der Waals surface area contributed by atoms with E-state index in [0.717, 1.165) is 7.11 Å². The van der Waals surface area contributed by atoms with Gasteiger partial charge in [0.05, 0.1) is 0 Å². The number of rotatable bonds is 4. The Bertz CT molecular complexity index is 164. The zero-order valence-corrected chi connectivity index (χ0v) is 6.08. The molecule has 0 aromatic carbocycles. The maximum Gasteiger partial charge on any atom is 0.472 e. The molecule has 0 saturated carbocycles. The van der Waals surface area contributed by atoms with Gasteiger partial charge in [-0.05, 0) is 0 Å². The van der Waals surface area contributed by atoms with Crippen LogP contribution in [0.15, 0.2) is 0 Å². The van der Waals surface area contributed by atoms with Gasteiger partial charge in [0.1, 0.15) is 0 Å². The van der Waals surface area contributed by atoms with Gasteiger partial charge in [0, 0.05) is 7.11 Å². The molecule has 0 spiro atoms. The normalized spacial score (nSPS) is 16.2. The fraction of sp³-hybridized carbons (Fsp3) is 0.667. The highest BCUT2D eigenvalue weighted by atomic mass is 31.2. The summed E-state index contributed by atoms with van der Waals surface area (Å²) in [7, 11) is -3.16. The highest BCUT2D eigenvalue weighted by molar-refractivity contribution is 7.47. The molecule has 1 unspecified atom stereocenters. The monoisotopic (exact) mass is 170 g/mol. The topological polar surface area (TPSA) is 93.1 Å². The molecule has 60 valence electrons. The molecule has 0 bridgehead atoms. The lowest BCUT2D eigenvalue weighted by Gasteiger charge is -2.05. The zero-order chi connectivity index (χ0) is 8.20. The molecule has 1 atom stereocenters. The summed E-state index contributed by atoms with van der Waals surface area (Å²) in [5.74, 6) is -1.33. The number of phosphoric ester groups is 1. The zero-order valence-electron chi connectivity index (χ0n) is 5.18. The van der Waals surface area contributed by atoms with Crippen molar-refractivity contribution in [3.8, 4) is 0 Å². The number of phosphoric acid groups is 1. The highest BCUT2D eigenvalue weighted by Gasteiger charge is 2.19. The number of aliphatic carboxylic acids is 1. The van der Waals surface area contributed by atoms with Crippen molar-refractivity contribution in [1.29, 1.82) is 0 Å². The van der Waals surface area contributed by atoms with E-state index >= 15 is 0 Å². The summed E-state index contributed by atoms with van der Waals surface area (Å²) in [5, 5.41) is 7.96. The number of carboxylic acid groups (broad SMARTS) is 1. The first-order valence-electron chi connectivity index (χ1n) is 2.23. The third-order valence-corrected chi connectivity index (χ3v) is 1.50. The predicted molar refractivity (Wildman–Crippen MR) is 30.4 cm³/mol. The molecule has 0 fully saturated rings. The number of hydrogen-bond acceptors (Lipinski definition) is 4. The molecular weight excluding hydrogens is 163 g/mol. The van der Waals surface area contributed by atoms with Gasteiger partial charge >= 0.3 is 13.8 Å². The smallest absolute Gasteiger partial charge is 0.472 e. The van der Waals surface area contributed by atoms with E-state index in [1.54, 1.807) is 0 Å². The Hall–Kier alpha value is -0.420. The van der Waals surface area contributed by atoms with Crippen molar-refractivity contribution in [2.45, 2.75) is 0 Å². The van der Waals surface area contributed by atoms with Gasteiger partial charge in [0.25, 0.3) is 0 Å². The third-order valence-electron chi connectivity index (χ3n) is 0.582. The van der Waals surface area contributed by atoms with Crippen LogP contribution in [0.2, 0.25) is 0 Å². The van der Waals surface area contributed by atoms with Crippen molar-refractivity contribution in [3.05, 3.63) is 0 Å². The Balaban J connectivity index is 3.68. The van der Waals surface area contributed by atoms with Crippen LogP contribution in [0.25, 0.3) is 0 Å². The Morgan fingerprint density at radius 2 is 2.20 bits per heavy atom. The third kappa shape index (κ3) is 4.46. The van der Waals surface area contributed by atoms with Crippen molar-refractivity contribution >= 4 is 13.8 Å². The second-order valence-electron chi connectivity index (χ2n) is 1.32. The summed E-state index contributed by atoms with van der Waals surface area (Å²) in [5.41, 5.74) is 0. The first-order chi connectivity index (χ1) is 4.48. The molecule has 7 heteroatoms. The average molecular weight is 170 g/mol. The molecule has 0 aliphatic heterocycles. The van der Waals surface area contributed by atoms with Gasteiger partial charge in [-0.25, -0.2) is 9.36 Å². The summed E-state index contributed by atoms with van der Waals surface area (Å²) in [6.45, 7) is -0.846. The molecule has 0 aliphatic carbocycles. The molecule has 0 amide bonds. The predicted octanol–water partition coefficient (Wildman–Crippen LogP) is -0.166. The van der Waals surface area contributed by atoms with Gasteiger partial charge in [0.15, 0.2) is 6.61 Å². The van der Waals surface area contributed by atoms with E-state index in [4.69, 9.17) is 10.00 Å². The molecule has 0 rings (SSSR count). The van der Waals surface area contributed by atoms with Gasteiger partial charge in [-0.15, -0.1) is 0 Å². The van der Waals surface area contributed by atoms with Gasteiger partial charge in [-0.2, -0.15) is 0 Å². The van der Waals surface area contributed by atoms with E-state index in [-0.39, 0.29) is 0 Å². The lowest BCUT2D eigenvalue weighted by Crippen LogP contribution is -2.05. The lowest BCUT2D eigenvalue weighted by molar-refractivity contribution is -0.139. The fourth-order valence-electron chi connectivity index (χ4n) is 0.189. The summed E-state index contributed by atoms with van der Waals surface area (Å²) < 4.78 is 18.2. The van der Waals surface area contributed by atoms with E-state index in [2.05, 4.69) is 9.05 Å². The number of carboxylic acids is 1. The molecule has 0 saturated heterocycles. The number of hydrogen-bond donors (Lipinski definition) is 2. The summed E-state index contributed by atoms with van der Waals surface area (Å²) in [6.07, 6.45) is 0. The SMILES string of the molecule is COP(=O)(O)OCC(=O)O. The van der Waals surface area contributed by atoms with E-state index < -0.39 is 20.4 Å². The minimum absolute atomic E-state index is 0.846. The van der Waals surface area contributed by atoms with Gasteiger partial charge in [-0.3, -0.25) is 9.05 Å². The summed E-state index contributed by atoms with van der Waals surface area (Å²) in [4.78, 5) is 18.2. The second kappa shape index (κ2) is 3.68. The van der Waals surface area contributed by atoms with Gasteiger partial charge in [-0.1, -0.05) is 0 Å². The Morgan fingerprint density at radius 1 is 1.70 bits per heavy atom. The highest BCUT2D eigenvalue weighted by Crippen LogP contribution is 2.41. The van der Waals surface area contributed by atoms with Crippen LogP contribution in [0.4, 0.5) is 0 Å². The van der Waals surface area contributed by atoms with E-state index in [1.807, 2.05) is 0 Å². The molecule has 0 aromatic heterocycles. The molecule has 0 radical (unpaired) electrons. The van der Waals surface area contributed by atoms with Crippen molar-refractivity contribution in [2.24, 2.45) is 0 Å². The molecule has 0 aromatic rings. The van der Waals surface area contributed by atoms with E-state index in [9.17, 15) is 9.36 Å².